The van der Waals surface area contributed by atoms with Gasteiger partial charge >= 0.3 is 0 Å². The molecule has 1 N–H and O–H groups in total. The summed E-state index contributed by atoms with van der Waals surface area (Å²) in [6.07, 6.45) is 1.62. The van der Waals surface area contributed by atoms with Gasteiger partial charge in [0.1, 0.15) is 11.6 Å². The zero-order valence-corrected chi connectivity index (χ0v) is 41.8. The van der Waals surface area contributed by atoms with Gasteiger partial charge in [0.05, 0.1) is 22.3 Å². The molecule has 2 heterocycles. The summed E-state index contributed by atoms with van der Waals surface area (Å²) in [6, 6.07) is 48.2. The molecule has 0 radical (unpaired) electrons. The second-order valence-corrected chi connectivity index (χ2v) is 19.7. The molecule has 68 heavy (non-hydrogen) atoms. The Bertz CT molecular complexity index is 3750. The van der Waals surface area contributed by atoms with E-state index in [2.05, 4.69) is 77.9 Å². The second-order valence-electron chi connectivity index (χ2n) is 19.7. The number of fused-ring (bicyclic) bond motifs is 1. The van der Waals surface area contributed by atoms with E-state index in [1.165, 1.54) is 24.3 Å². The molecule has 0 aliphatic carbocycles. The quantitative estimate of drug-likeness (QED) is 0.162. The van der Waals surface area contributed by atoms with E-state index in [1.54, 1.807) is 18.3 Å². The average molecular weight is 1080 g/mol. The van der Waals surface area contributed by atoms with Crippen LogP contribution in [0.25, 0.3) is 83.9 Å². The van der Waals surface area contributed by atoms with Crippen molar-refractivity contribution in [3.05, 3.63) is 191 Å². The summed E-state index contributed by atoms with van der Waals surface area (Å²) < 4.78 is 103. The second kappa shape index (κ2) is 18.3. The molecule has 0 aliphatic rings. The Morgan fingerprint density at radius 2 is 1.28 bits per heavy atom. The van der Waals surface area contributed by atoms with Crippen molar-refractivity contribution in [2.45, 2.75) is 99.0 Å². The van der Waals surface area contributed by atoms with E-state index in [0.29, 0.717) is 67.2 Å². The van der Waals surface area contributed by atoms with E-state index in [9.17, 15) is 9.22 Å². The van der Waals surface area contributed by atoms with Gasteiger partial charge in [-0.15, -0.1) is 29.3 Å². The minimum atomic E-state index is -3.40. The maximum atomic E-state index is 11.9. The van der Waals surface area contributed by atoms with Gasteiger partial charge in [-0.05, 0) is 128 Å². The predicted molar refractivity (Wildman–Crippen MR) is 282 cm³/mol. The van der Waals surface area contributed by atoms with Gasteiger partial charge in [0.2, 0.25) is 0 Å². The number of benzene rings is 7. The number of nitrogens with zero attached hydrogens (tertiary/aromatic N) is 3. The summed E-state index contributed by atoms with van der Waals surface area (Å²) in [7, 11) is 0. The number of aromatic hydroxyl groups is 1. The number of hydrogen-bond acceptors (Lipinski definition) is 3. The molecular weight excluding hydrogens is 1010 g/mol. The molecular formula is C63H62N3OPt-. The molecule has 0 bridgehead atoms. The molecule has 0 unspecified atom stereocenters. The first-order chi connectivity index (χ1) is 36.7. The van der Waals surface area contributed by atoms with Gasteiger partial charge in [-0.25, -0.2) is 4.98 Å². The fraction of sp³-hybridized carbons (Fsp3) is 0.238. The standard InChI is InChI=1S/C63H62N3O.Pt/c1-39-32-41(3)59(67)52(33-39)60-65-58-51(46-35-47(37-49(36-46)62(7,8)9)54-38-44(30-31-64-54)42-24-27-48(28-25-42)61(4,5)6)21-17-23-56(58)66(60)55-29-26-45(34-40(55)2)57-50(43-18-14-13-15-19-43)20-16-22-53(57)63(10,11)12;/h13-34,36-38,67H,1-12H3;/q-1;/i2D3,4D3,5D3,6D3;. The molecule has 9 rings (SSSR count). The van der Waals surface area contributed by atoms with Crippen LogP contribution in [0.2, 0.25) is 0 Å². The zero-order chi connectivity index (χ0) is 57.6. The van der Waals surface area contributed by atoms with E-state index in [1.807, 2.05) is 97.3 Å². The van der Waals surface area contributed by atoms with E-state index in [-0.39, 0.29) is 43.4 Å². The molecule has 346 valence electrons. The number of rotatable bonds is 7. The number of aryl methyl sites for hydroxylation is 3. The van der Waals surface area contributed by atoms with Crippen molar-refractivity contribution >= 4 is 11.0 Å². The van der Waals surface area contributed by atoms with Crippen LogP contribution in [0.15, 0.2) is 152 Å². The molecule has 9 aromatic rings. The largest absolute Gasteiger partial charge is 0.507 e. The summed E-state index contributed by atoms with van der Waals surface area (Å²) in [5.41, 5.74) is 8.69. The molecule has 2 aromatic heterocycles. The van der Waals surface area contributed by atoms with Crippen LogP contribution < -0.4 is 0 Å². The third kappa shape index (κ3) is 9.29. The van der Waals surface area contributed by atoms with Crippen LogP contribution >= 0.6 is 0 Å². The molecule has 0 amide bonds. The zero-order valence-electron chi connectivity index (χ0n) is 51.5. The third-order valence-electron chi connectivity index (χ3n) is 12.6. The summed E-state index contributed by atoms with van der Waals surface area (Å²) in [4.78, 5) is 10.2. The third-order valence-corrected chi connectivity index (χ3v) is 12.6. The van der Waals surface area contributed by atoms with E-state index in [0.717, 1.165) is 38.9 Å². The maximum Gasteiger partial charge on any atom is 0.148 e. The molecule has 0 saturated carbocycles. The monoisotopic (exact) mass is 1080 g/mol. The SMILES string of the molecule is [2H]C([2H])([2H])c1cc(-c2c(-c3ccccc3)cccc2C(C)(C)C)ccc1-n1c(-c2cc(C)cc(C)c2O)nc2c(-c3[c-]c(-c4cc(-c5ccc(C(C([2H])([2H])[2H])(C([2H])([2H])[2H])C([2H])([2H])[2H])cc5)ccn4)cc(C(C)(C)C)c3)cccc21.[Pt]. The molecule has 0 aliphatic heterocycles. The van der Waals surface area contributed by atoms with Crippen LogP contribution in [0.3, 0.4) is 0 Å². The molecule has 4 nitrogen and oxygen atoms in total. The Morgan fingerprint density at radius 3 is 1.99 bits per heavy atom. The van der Waals surface area contributed by atoms with E-state index < -0.39 is 38.2 Å². The molecule has 5 heteroatoms. The fourth-order valence-electron chi connectivity index (χ4n) is 9.06. The van der Waals surface area contributed by atoms with Gasteiger partial charge in [-0.1, -0.05) is 176 Å². The van der Waals surface area contributed by atoms with Gasteiger partial charge in [-0.3, -0.25) is 9.55 Å². The van der Waals surface area contributed by atoms with E-state index >= 15 is 0 Å². The predicted octanol–water partition coefficient (Wildman–Crippen LogP) is 16.7. The van der Waals surface area contributed by atoms with Crippen molar-refractivity contribution < 1.29 is 42.6 Å². The molecule has 0 saturated heterocycles. The molecule has 7 aromatic carbocycles. The number of para-hydroxylation sites is 1. The number of phenolic OH excluding ortho intramolecular Hbond substituents is 1. The average Bonchev–Trinajstić information content (AvgIpc) is 3.59. The number of imidazole rings is 1. The Kier molecular flexibility index (Phi) is 9.37. The van der Waals surface area contributed by atoms with Crippen LogP contribution in [-0.2, 0) is 37.3 Å². The Balaban J connectivity index is 0.00000841. The van der Waals surface area contributed by atoms with Crippen LogP contribution in [-0.4, -0.2) is 19.6 Å². The molecule has 0 fully saturated rings. The fourth-order valence-corrected chi connectivity index (χ4v) is 9.06. The number of pyridine rings is 1. The van der Waals surface area contributed by atoms with Crippen molar-refractivity contribution in [1.82, 2.24) is 14.5 Å². The Hall–Kier alpha value is -6.35. The topological polar surface area (TPSA) is 50.9 Å². The Morgan fingerprint density at radius 1 is 0.574 bits per heavy atom. The van der Waals surface area contributed by atoms with Gasteiger partial charge in [-0.2, -0.15) is 0 Å². The summed E-state index contributed by atoms with van der Waals surface area (Å²) in [6.45, 7) is 3.69. The summed E-state index contributed by atoms with van der Waals surface area (Å²) in [5.74, 6) is 0.351. The van der Waals surface area contributed by atoms with Crippen LogP contribution in [0.4, 0.5) is 0 Å². The first-order valence-electron chi connectivity index (χ1n) is 28.5. The summed E-state index contributed by atoms with van der Waals surface area (Å²) >= 11 is 0. The maximum absolute atomic E-state index is 11.9. The molecule has 0 spiro atoms. The van der Waals surface area contributed by atoms with Crippen molar-refractivity contribution in [3.63, 3.8) is 0 Å². The minimum absolute atomic E-state index is 0. The smallest absolute Gasteiger partial charge is 0.148 e. The Labute approximate surface area is 435 Å². The van der Waals surface area contributed by atoms with Crippen molar-refractivity contribution in [3.8, 4) is 78.6 Å². The van der Waals surface area contributed by atoms with Gasteiger partial charge in [0.15, 0.2) is 0 Å². The van der Waals surface area contributed by atoms with Gasteiger partial charge in [0, 0.05) is 49.4 Å². The number of hydrogen-bond donors (Lipinski definition) is 1. The molecule has 0 atom stereocenters. The normalized spacial score (nSPS) is 15.4. The number of phenols is 1. The first kappa shape index (κ1) is 34.9. The minimum Gasteiger partial charge on any atom is -0.507 e. The van der Waals surface area contributed by atoms with Gasteiger partial charge in [0.25, 0.3) is 0 Å². The van der Waals surface area contributed by atoms with Gasteiger partial charge < -0.3 is 5.11 Å². The van der Waals surface area contributed by atoms with E-state index in [4.69, 9.17) is 22.3 Å². The van der Waals surface area contributed by atoms with Crippen molar-refractivity contribution in [1.29, 1.82) is 0 Å². The summed E-state index contributed by atoms with van der Waals surface area (Å²) in [5, 5.41) is 11.9. The van der Waals surface area contributed by atoms with Crippen LogP contribution in [0.5, 0.6) is 5.75 Å². The first-order valence-corrected chi connectivity index (χ1v) is 22.5. The van der Waals surface area contributed by atoms with Crippen molar-refractivity contribution in [2.24, 2.45) is 0 Å². The van der Waals surface area contributed by atoms with Crippen LogP contribution in [0, 0.1) is 26.8 Å². The number of aromatic nitrogens is 3. The van der Waals surface area contributed by atoms with Crippen molar-refractivity contribution in [2.75, 3.05) is 0 Å². The van der Waals surface area contributed by atoms with Crippen LogP contribution in [0.1, 0.15) is 112 Å².